The number of aromatic nitrogens is 6. The van der Waals surface area contributed by atoms with Crippen molar-refractivity contribution in [3.63, 3.8) is 0 Å². The van der Waals surface area contributed by atoms with Crippen molar-refractivity contribution in [1.82, 2.24) is 29.9 Å². The number of thiazole rings is 1. The lowest BCUT2D eigenvalue weighted by Crippen LogP contribution is -2.15. The summed E-state index contributed by atoms with van der Waals surface area (Å²) < 4.78 is 0. The Morgan fingerprint density at radius 1 is 1.14 bits per heavy atom. The van der Waals surface area contributed by atoms with E-state index in [1.54, 1.807) is 36.4 Å². The third-order valence-electron chi connectivity index (χ3n) is 4.14. The fourth-order valence-electron chi connectivity index (χ4n) is 3.01. The first kappa shape index (κ1) is 18.5. The molecule has 0 saturated heterocycles. The Bertz CT molecular complexity index is 1140. The van der Waals surface area contributed by atoms with Crippen LogP contribution in [-0.2, 0) is 17.6 Å². The molecule has 4 heterocycles. The number of halogens is 1. The number of anilines is 1. The second kappa shape index (κ2) is 7.61. The highest BCUT2D eigenvalue weighted by Crippen LogP contribution is 2.29. The van der Waals surface area contributed by atoms with Gasteiger partial charge in [0.2, 0.25) is 0 Å². The zero-order valence-corrected chi connectivity index (χ0v) is 16.8. The maximum Gasteiger partial charge on any atom is 0.193 e. The Labute approximate surface area is 169 Å². The first-order valence-corrected chi connectivity index (χ1v) is 9.70. The second-order valence-electron chi connectivity index (χ2n) is 6.39. The molecule has 0 aliphatic rings. The quantitative estimate of drug-likeness (QED) is 0.480. The molecule has 0 saturated carbocycles. The highest BCUT2D eigenvalue weighted by atomic mass is 35.5. The summed E-state index contributed by atoms with van der Waals surface area (Å²) in [7, 11) is 3.88. The number of fused-ring (bicyclic) bond motifs is 1. The summed E-state index contributed by atoms with van der Waals surface area (Å²) in [6.07, 6.45) is 6.95. The van der Waals surface area contributed by atoms with E-state index in [4.69, 9.17) is 11.6 Å². The number of ketones is 1. The van der Waals surface area contributed by atoms with Gasteiger partial charge in [0, 0.05) is 44.9 Å². The summed E-state index contributed by atoms with van der Waals surface area (Å²) >= 11 is 7.77. The predicted molar refractivity (Wildman–Crippen MR) is 108 cm³/mol. The average Bonchev–Trinajstić information content (AvgIpc) is 3.32. The molecule has 0 radical (unpaired) electrons. The summed E-state index contributed by atoms with van der Waals surface area (Å²) in [6, 6.07) is 1.72. The van der Waals surface area contributed by atoms with Crippen LogP contribution in [0.3, 0.4) is 0 Å². The Morgan fingerprint density at radius 2 is 1.93 bits per heavy atom. The minimum absolute atomic E-state index is 0.0438. The first-order chi connectivity index (χ1) is 13.5. The maximum absolute atomic E-state index is 12.7. The molecule has 0 amide bonds. The Hall–Kier alpha value is -2.91. The van der Waals surface area contributed by atoms with Gasteiger partial charge >= 0.3 is 0 Å². The minimum atomic E-state index is 0.0438. The molecule has 4 aromatic rings. The summed E-state index contributed by atoms with van der Waals surface area (Å²) in [6.45, 7) is 0. The molecule has 0 aliphatic carbocycles. The number of hydrogen-bond donors (Lipinski definition) is 0. The minimum Gasteiger partial charge on any atom is -0.376 e. The van der Waals surface area contributed by atoms with Crippen molar-refractivity contribution in [2.75, 3.05) is 19.0 Å². The largest absolute Gasteiger partial charge is 0.376 e. The highest BCUT2D eigenvalue weighted by Gasteiger charge is 2.17. The van der Waals surface area contributed by atoms with Crippen LogP contribution >= 0.6 is 22.9 Å². The van der Waals surface area contributed by atoms with Crippen LogP contribution in [0.15, 0.2) is 36.4 Å². The average molecular weight is 414 g/mol. The van der Waals surface area contributed by atoms with E-state index in [1.165, 1.54) is 16.1 Å². The van der Waals surface area contributed by atoms with E-state index in [0.717, 1.165) is 27.2 Å². The highest BCUT2D eigenvalue weighted by molar-refractivity contribution is 7.16. The van der Waals surface area contributed by atoms with Crippen LogP contribution in [0.4, 0.5) is 5.69 Å². The lowest BCUT2D eigenvalue weighted by molar-refractivity contribution is -0.117. The van der Waals surface area contributed by atoms with Crippen LogP contribution in [0.1, 0.15) is 11.1 Å². The molecule has 10 heteroatoms. The van der Waals surface area contributed by atoms with Gasteiger partial charge in [-0.25, -0.2) is 15.0 Å². The van der Waals surface area contributed by atoms with Gasteiger partial charge in [-0.2, -0.15) is 10.2 Å². The molecule has 0 N–H and O–H groups in total. The van der Waals surface area contributed by atoms with Crippen LogP contribution in [-0.4, -0.2) is 49.8 Å². The summed E-state index contributed by atoms with van der Waals surface area (Å²) in [5.74, 6) is 0.471. The van der Waals surface area contributed by atoms with Crippen molar-refractivity contribution in [3.8, 4) is 5.82 Å². The van der Waals surface area contributed by atoms with Crippen LogP contribution in [0.5, 0.6) is 0 Å². The molecule has 0 bridgehead atoms. The van der Waals surface area contributed by atoms with Crippen LogP contribution < -0.4 is 4.90 Å². The molecule has 142 valence electrons. The topological polar surface area (TPSA) is 89.7 Å². The Morgan fingerprint density at radius 3 is 2.64 bits per heavy atom. The van der Waals surface area contributed by atoms with E-state index >= 15 is 0 Å². The molecule has 0 unspecified atom stereocenters. The van der Waals surface area contributed by atoms with Crippen molar-refractivity contribution in [3.05, 3.63) is 52.5 Å². The zero-order chi connectivity index (χ0) is 19.7. The lowest BCUT2D eigenvalue weighted by Gasteiger charge is -2.17. The normalized spacial score (nSPS) is 11.1. The van der Waals surface area contributed by atoms with Gasteiger partial charge < -0.3 is 4.90 Å². The van der Waals surface area contributed by atoms with Gasteiger partial charge in [-0.3, -0.25) is 4.79 Å². The monoisotopic (exact) mass is 413 g/mol. The zero-order valence-electron chi connectivity index (χ0n) is 15.2. The number of Topliss-reactive ketones (excluding diaryl/α,β-unsaturated/α-hetero) is 1. The molecular formula is C18H16ClN7OS. The summed E-state index contributed by atoms with van der Waals surface area (Å²) in [5, 5.41) is 8.42. The third kappa shape index (κ3) is 3.58. The van der Waals surface area contributed by atoms with Crippen molar-refractivity contribution >= 4 is 44.8 Å². The molecule has 8 nitrogen and oxygen atoms in total. The molecule has 4 rings (SSSR count). The number of carbonyl (C=O) groups is 1. The third-order valence-corrected chi connectivity index (χ3v) is 5.15. The number of rotatable bonds is 6. The van der Waals surface area contributed by atoms with Crippen LogP contribution in [0.25, 0.3) is 16.2 Å². The summed E-state index contributed by atoms with van der Waals surface area (Å²) in [4.78, 5) is 30.0. The predicted octanol–water partition coefficient (Wildman–Crippen LogP) is 2.74. The van der Waals surface area contributed by atoms with Crippen molar-refractivity contribution in [1.29, 1.82) is 0 Å². The van der Waals surface area contributed by atoms with E-state index in [0.29, 0.717) is 10.8 Å². The number of carbonyl (C=O) groups excluding carboxylic acids is 1. The standard InChI is InChI=1S/C18H16ClN7OS/c1-25(2)16-12(9-21-18-15(16)22-10-28-18)7-13(27)5-11-6-14(19)17(20-8-11)26-23-3-4-24-26/h3-4,6,8-10H,5,7H2,1-2H3. The van der Waals surface area contributed by atoms with E-state index < -0.39 is 0 Å². The van der Waals surface area contributed by atoms with Gasteiger partial charge in [0.1, 0.15) is 16.1 Å². The molecule has 0 aliphatic heterocycles. The Kier molecular flexibility index (Phi) is 5.01. The van der Waals surface area contributed by atoms with Gasteiger partial charge in [-0.05, 0) is 11.6 Å². The molecule has 0 spiro atoms. The van der Waals surface area contributed by atoms with Crippen LogP contribution in [0, 0.1) is 0 Å². The smallest absolute Gasteiger partial charge is 0.193 e. The number of pyridine rings is 2. The first-order valence-electron chi connectivity index (χ1n) is 8.44. The number of hydrogen-bond acceptors (Lipinski definition) is 8. The molecule has 28 heavy (non-hydrogen) atoms. The lowest BCUT2D eigenvalue weighted by atomic mass is 10.0. The van der Waals surface area contributed by atoms with Gasteiger partial charge in [-0.1, -0.05) is 11.6 Å². The fraction of sp³-hybridized carbons (Fsp3) is 0.222. The molecule has 4 aromatic heterocycles. The fourth-order valence-corrected chi connectivity index (χ4v) is 3.91. The van der Waals surface area contributed by atoms with E-state index in [2.05, 4.69) is 25.1 Å². The van der Waals surface area contributed by atoms with E-state index in [9.17, 15) is 4.79 Å². The van der Waals surface area contributed by atoms with Gasteiger partial charge in [0.05, 0.1) is 28.6 Å². The van der Waals surface area contributed by atoms with Crippen molar-refractivity contribution in [2.24, 2.45) is 0 Å². The van der Waals surface area contributed by atoms with Crippen molar-refractivity contribution in [2.45, 2.75) is 12.8 Å². The SMILES string of the molecule is CN(C)c1c(CC(=O)Cc2cnc(-n3nccn3)c(Cl)c2)cnc2scnc12. The molecule has 0 atom stereocenters. The second-order valence-corrected chi connectivity index (χ2v) is 7.63. The van der Waals surface area contributed by atoms with E-state index in [1.807, 2.05) is 19.0 Å². The van der Waals surface area contributed by atoms with Crippen molar-refractivity contribution < 1.29 is 4.79 Å². The molecular weight excluding hydrogens is 398 g/mol. The van der Waals surface area contributed by atoms with Gasteiger partial charge in [0.25, 0.3) is 0 Å². The van der Waals surface area contributed by atoms with Crippen LogP contribution in [0.2, 0.25) is 5.02 Å². The van der Waals surface area contributed by atoms with Gasteiger partial charge in [0.15, 0.2) is 5.82 Å². The molecule has 0 aromatic carbocycles. The Balaban J connectivity index is 1.54. The van der Waals surface area contributed by atoms with E-state index in [-0.39, 0.29) is 18.6 Å². The number of nitrogens with zero attached hydrogens (tertiary/aromatic N) is 7. The molecule has 0 fully saturated rings. The summed E-state index contributed by atoms with van der Waals surface area (Å²) in [5.41, 5.74) is 5.10. The van der Waals surface area contributed by atoms with Gasteiger partial charge in [-0.15, -0.1) is 16.1 Å². The maximum atomic E-state index is 12.7.